The Morgan fingerprint density at radius 1 is 1.22 bits per heavy atom. The van der Waals surface area contributed by atoms with Crippen LogP contribution < -0.4 is 0 Å². The lowest BCUT2D eigenvalue weighted by molar-refractivity contribution is -0.871. The van der Waals surface area contributed by atoms with Gasteiger partial charge >= 0.3 is 0 Å². The van der Waals surface area contributed by atoms with Crippen LogP contribution in [0.2, 0.25) is 0 Å². The van der Waals surface area contributed by atoms with Crippen LogP contribution in [-0.4, -0.2) is 45.9 Å². The summed E-state index contributed by atoms with van der Waals surface area (Å²) >= 11 is 0. The van der Waals surface area contributed by atoms with Crippen LogP contribution >= 0.6 is 0 Å². The molecule has 0 saturated heterocycles. The Morgan fingerprint density at radius 2 is 1.78 bits per heavy atom. The maximum absolute atomic E-state index is 4.69. The van der Waals surface area contributed by atoms with Gasteiger partial charge in [-0.2, -0.15) is 0 Å². The number of likely N-dealkylation sites (N-methyl/N-ethyl adjacent to an activating group) is 1. The minimum absolute atomic E-state index is 0.653. The fraction of sp³-hybridized carbons (Fsp3) is 1.00. The third kappa shape index (κ3) is 7.88. The maximum Gasteiger partial charge on any atom is 0.131 e. The maximum atomic E-state index is 4.69. The summed E-state index contributed by atoms with van der Waals surface area (Å²) in [4.78, 5) is 9.12. The number of quaternary nitrogens is 1. The predicted octanol–water partition coefficient (Wildman–Crippen LogP) is 0.271. The quantitative estimate of drug-likeness (QED) is 0.238. The third-order valence-corrected chi connectivity index (χ3v) is 0.963. The van der Waals surface area contributed by atoms with E-state index in [0.717, 1.165) is 11.0 Å². The molecule has 0 aliphatic carbocycles. The van der Waals surface area contributed by atoms with Crippen molar-refractivity contribution in [1.29, 1.82) is 0 Å². The number of rotatable bonds is 4. The SMILES string of the molecule is COOCC[N+](C)(C)C. The molecule has 0 radical (unpaired) electrons. The van der Waals surface area contributed by atoms with Crippen LogP contribution in [0.3, 0.4) is 0 Å². The number of hydrogen-bond donors (Lipinski definition) is 0. The van der Waals surface area contributed by atoms with E-state index >= 15 is 0 Å². The molecule has 0 atom stereocenters. The minimum Gasteiger partial charge on any atom is -0.329 e. The van der Waals surface area contributed by atoms with E-state index in [1.165, 1.54) is 7.11 Å². The highest BCUT2D eigenvalue weighted by Crippen LogP contribution is 1.88. The first-order chi connectivity index (χ1) is 4.06. The molecule has 0 saturated carbocycles. The Balaban J connectivity index is 3.07. The molecule has 0 aromatic rings. The second-order valence-electron chi connectivity index (χ2n) is 3.00. The lowest BCUT2D eigenvalue weighted by atomic mass is 10.5. The molecular formula is C6H16NO2+. The zero-order valence-electron chi connectivity index (χ0n) is 6.68. The first-order valence-corrected chi connectivity index (χ1v) is 3.02. The van der Waals surface area contributed by atoms with Gasteiger partial charge in [0.2, 0.25) is 0 Å². The van der Waals surface area contributed by atoms with Crippen LogP contribution in [0.15, 0.2) is 0 Å². The molecule has 0 aromatic carbocycles. The highest BCUT2D eigenvalue weighted by molar-refractivity contribution is 4.21. The van der Waals surface area contributed by atoms with Gasteiger partial charge in [0, 0.05) is 0 Å². The van der Waals surface area contributed by atoms with E-state index in [9.17, 15) is 0 Å². The van der Waals surface area contributed by atoms with Crippen molar-refractivity contribution in [2.24, 2.45) is 0 Å². The molecule has 0 aliphatic rings. The summed E-state index contributed by atoms with van der Waals surface area (Å²) in [6, 6.07) is 0. The predicted molar refractivity (Wildman–Crippen MR) is 35.9 cm³/mol. The third-order valence-electron chi connectivity index (χ3n) is 0.963. The Morgan fingerprint density at radius 3 is 2.11 bits per heavy atom. The van der Waals surface area contributed by atoms with Crippen LogP contribution in [0.4, 0.5) is 0 Å². The fourth-order valence-corrected chi connectivity index (χ4v) is 0.394. The van der Waals surface area contributed by atoms with Crippen molar-refractivity contribution in [3.63, 3.8) is 0 Å². The molecule has 0 heterocycles. The normalized spacial score (nSPS) is 12.0. The van der Waals surface area contributed by atoms with Crippen LogP contribution in [0, 0.1) is 0 Å². The number of nitrogens with zero attached hydrogens (tertiary/aromatic N) is 1. The van der Waals surface area contributed by atoms with Crippen LogP contribution in [0.5, 0.6) is 0 Å². The van der Waals surface area contributed by atoms with Gasteiger partial charge in [0.15, 0.2) is 0 Å². The zero-order chi connectivity index (χ0) is 7.33. The first-order valence-electron chi connectivity index (χ1n) is 3.02. The van der Waals surface area contributed by atoms with E-state index < -0.39 is 0 Å². The molecule has 0 aliphatic heterocycles. The van der Waals surface area contributed by atoms with Gasteiger partial charge in [-0.25, -0.2) is 9.78 Å². The van der Waals surface area contributed by atoms with Crippen molar-refractivity contribution in [3.8, 4) is 0 Å². The topological polar surface area (TPSA) is 18.5 Å². The summed E-state index contributed by atoms with van der Waals surface area (Å²) in [7, 11) is 7.85. The van der Waals surface area contributed by atoms with E-state index in [1.54, 1.807) is 0 Å². The summed E-state index contributed by atoms with van der Waals surface area (Å²) in [5.41, 5.74) is 0. The van der Waals surface area contributed by atoms with Crippen molar-refractivity contribution in [2.45, 2.75) is 0 Å². The molecule has 3 heteroatoms. The summed E-state index contributed by atoms with van der Waals surface area (Å²) in [6.45, 7) is 1.62. The molecule has 0 spiro atoms. The summed E-state index contributed by atoms with van der Waals surface area (Å²) in [5.74, 6) is 0. The number of hydrogen-bond acceptors (Lipinski definition) is 2. The first kappa shape index (κ1) is 8.88. The van der Waals surface area contributed by atoms with E-state index in [-0.39, 0.29) is 0 Å². The van der Waals surface area contributed by atoms with Crippen molar-refractivity contribution < 1.29 is 14.3 Å². The lowest BCUT2D eigenvalue weighted by Gasteiger charge is -2.22. The highest BCUT2D eigenvalue weighted by atomic mass is 17.2. The van der Waals surface area contributed by atoms with Gasteiger partial charge in [0.25, 0.3) is 0 Å². The largest absolute Gasteiger partial charge is 0.329 e. The minimum atomic E-state index is 0.653. The van der Waals surface area contributed by atoms with E-state index in [4.69, 9.17) is 4.89 Å². The van der Waals surface area contributed by atoms with Crippen molar-refractivity contribution >= 4 is 0 Å². The molecular weight excluding hydrogens is 118 g/mol. The monoisotopic (exact) mass is 134 g/mol. The second kappa shape index (κ2) is 3.82. The van der Waals surface area contributed by atoms with E-state index in [0.29, 0.717) is 6.61 Å². The highest BCUT2D eigenvalue weighted by Gasteiger charge is 2.04. The van der Waals surface area contributed by atoms with Gasteiger partial charge in [0.1, 0.15) is 13.2 Å². The summed E-state index contributed by atoms with van der Waals surface area (Å²) < 4.78 is 0.906. The molecule has 0 amide bonds. The zero-order valence-corrected chi connectivity index (χ0v) is 6.68. The average Bonchev–Trinajstić information content (AvgIpc) is 1.63. The van der Waals surface area contributed by atoms with Gasteiger partial charge < -0.3 is 4.48 Å². The molecule has 0 unspecified atom stereocenters. The van der Waals surface area contributed by atoms with E-state index in [1.807, 2.05) is 0 Å². The molecule has 0 N–H and O–H groups in total. The standard InChI is InChI=1S/C6H16NO2/c1-7(2,3)5-6-9-8-4/h5-6H2,1-4H3/q+1. The molecule has 3 nitrogen and oxygen atoms in total. The lowest BCUT2D eigenvalue weighted by Crippen LogP contribution is -2.37. The van der Waals surface area contributed by atoms with Crippen molar-refractivity contribution in [1.82, 2.24) is 0 Å². The Kier molecular flexibility index (Phi) is 3.77. The Bertz CT molecular complexity index is 67.9. The van der Waals surface area contributed by atoms with Crippen LogP contribution in [0.25, 0.3) is 0 Å². The Labute approximate surface area is 56.7 Å². The second-order valence-corrected chi connectivity index (χ2v) is 3.00. The molecule has 56 valence electrons. The van der Waals surface area contributed by atoms with Crippen molar-refractivity contribution in [3.05, 3.63) is 0 Å². The van der Waals surface area contributed by atoms with E-state index in [2.05, 4.69) is 26.0 Å². The average molecular weight is 134 g/mol. The molecule has 0 fully saturated rings. The van der Waals surface area contributed by atoms with Gasteiger partial charge in [-0.05, 0) is 0 Å². The molecule has 0 aromatic heterocycles. The Hall–Kier alpha value is -0.120. The van der Waals surface area contributed by atoms with Gasteiger partial charge in [-0.1, -0.05) is 0 Å². The molecule has 0 rings (SSSR count). The fourth-order valence-electron chi connectivity index (χ4n) is 0.394. The summed E-state index contributed by atoms with van der Waals surface area (Å²) in [6.07, 6.45) is 0. The summed E-state index contributed by atoms with van der Waals surface area (Å²) in [5, 5.41) is 0. The van der Waals surface area contributed by atoms with Gasteiger partial charge in [-0.15, -0.1) is 0 Å². The van der Waals surface area contributed by atoms with Gasteiger partial charge in [-0.3, -0.25) is 0 Å². The van der Waals surface area contributed by atoms with Gasteiger partial charge in [0.05, 0.1) is 28.3 Å². The molecule has 0 bridgehead atoms. The van der Waals surface area contributed by atoms with Crippen LogP contribution in [0.1, 0.15) is 0 Å². The van der Waals surface area contributed by atoms with Crippen molar-refractivity contribution in [2.75, 3.05) is 41.4 Å². The molecule has 9 heavy (non-hydrogen) atoms. The smallest absolute Gasteiger partial charge is 0.131 e. The van der Waals surface area contributed by atoms with Crippen LogP contribution in [-0.2, 0) is 9.78 Å².